The molecule has 0 saturated carbocycles. The summed E-state index contributed by atoms with van der Waals surface area (Å²) in [5, 5.41) is 4.46. The molecular formula is C25H31Cl2N3O2. The maximum absolute atomic E-state index is 12.3. The van der Waals surface area contributed by atoms with E-state index in [2.05, 4.69) is 51.6 Å². The number of aromatic nitrogens is 1. The number of anilines is 1. The maximum Gasteiger partial charge on any atom is 0.253 e. The van der Waals surface area contributed by atoms with Crippen molar-refractivity contribution < 1.29 is 4.74 Å². The Hall–Kier alpha value is -2.21. The molecule has 0 aliphatic carbocycles. The van der Waals surface area contributed by atoms with Gasteiger partial charge in [0.1, 0.15) is 12.4 Å². The zero-order chi connectivity index (χ0) is 20.3. The molecule has 32 heavy (non-hydrogen) atoms. The van der Waals surface area contributed by atoms with Crippen LogP contribution in [0, 0.1) is 0 Å². The van der Waals surface area contributed by atoms with Crippen LogP contribution in [0.1, 0.15) is 36.3 Å². The highest BCUT2D eigenvalue weighted by Crippen LogP contribution is 2.30. The van der Waals surface area contributed by atoms with E-state index in [9.17, 15) is 4.79 Å². The number of hydrogen-bond donors (Lipinski definition) is 2. The van der Waals surface area contributed by atoms with Gasteiger partial charge in [0, 0.05) is 24.0 Å². The second kappa shape index (κ2) is 11.1. The Kier molecular flexibility index (Phi) is 8.46. The third-order valence-corrected chi connectivity index (χ3v) is 6.52. The van der Waals surface area contributed by atoms with E-state index in [0.29, 0.717) is 12.5 Å². The summed E-state index contributed by atoms with van der Waals surface area (Å²) < 4.78 is 6.09. The standard InChI is InChI=1S/C25H29N3O2.2ClH/c29-25-21-7-4-12-26-24(21)22-17-20(8-9-23(22)27-25)30-16-15-28-13-10-19(11-14-28)18-5-2-1-3-6-18;;/h1-3,5-6,8-9,17,19,26H,4,7,10-16H2,(H,27,29);2*1H. The number of benzene rings is 2. The van der Waals surface area contributed by atoms with Gasteiger partial charge in [0.2, 0.25) is 0 Å². The molecule has 1 saturated heterocycles. The molecule has 0 spiro atoms. The van der Waals surface area contributed by atoms with E-state index in [4.69, 9.17) is 4.74 Å². The first-order valence-electron chi connectivity index (χ1n) is 11.1. The van der Waals surface area contributed by atoms with Crippen LogP contribution >= 0.6 is 24.8 Å². The van der Waals surface area contributed by atoms with Crippen LogP contribution in [-0.2, 0) is 6.42 Å². The first kappa shape index (κ1) is 24.4. The minimum absolute atomic E-state index is 0. The fourth-order valence-corrected chi connectivity index (χ4v) is 4.83. The lowest BCUT2D eigenvalue weighted by atomic mass is 9.89. The average Bonchev–Trinajstić information content (AvgIpc) is 2.81. The summed E-state index contributed by atoms with van der Waals surface area (Å²) in [5.41, 5.74) is 4.21. The number of nitrogens with zero attached hydrogens (tertiary/aromatic N) is 1. The van der Waals surface area contributed by atoms with Crippen LogP contribution in [0.3, 0.4) is 0 Å². The summed E-state index contributed by atoms with van der Waals surface area (Å²) in [5.74, 6) is 1.55. The van der Waals surface area contributed by atoms with Crippen molar-refractivity contribution in [2.75, 3.05) is 38.1 Å². The molecule has 172 valence electrons. The monoisotopic (exact) mass is 475 g/mol. The third kappa shape index (κ3) is 5.22. The van der Waals surface area contributed by atoms with Crippen LogP contribution in [0.2, 0.25) is 0 Å². The second-order valence-electron chi connectivity index (χ2n) is 8.42. The van der Waals surface area contributed by atoms with Gasteiger partial charge < -0.3 is 15.0 Å². The van der Waals surface area contributed by atoms with E-state index < -0.39 is 0 Å². The molecule has 5 rings (SSSR count). The van der Waals surface area contributed by atoms with Crippen LogP contribution < -0.4 is 15.6 Å². The predicted molar refractivity (Wildman–Crippen MR) is 136 cm³/mol. The van der Waals surface area contributed by atoms with Gasteiger partial charge in [-0.3, -0.25) is 9.69 Å². The Morgan fingerprint density at radius 2 is 1.81 bits per heavy atom. The minimum Gasteiger partial charge on any atom is -0.492 e. The number of aromatic amines is 1. The number of fused-ring (bicyclic) bond motifs is 3. The van der Waals surface area contributed by atoms with Gasteiger partial charge in [-0.2, -0.15) is 0 Å². The van der Waals surface area contributed by atoms with E-state index in [1.807, 2.05) is 12.1 Å². The lowest BCUT2D eigenvalue weighted by molar-refractivity contribution is 0.173. The molecular weight excluding hydrogens is 445 g/mol. The number of halogens is 2. The summed E-state index contributed by atoms with van der Waals surface area (Å²) in [6.45, 7) is 4.79. The van der Waals surface area contributed by atoms with Crippen molar-refractivity contribution in [3.05, 3.63) is 70.0 Å². The Bertz CT molecular complexity index is 1080. The van der Waals surface area contributed by atoms with Crippen molar-refractivity contribution in [1.82, 2.24) is 9.88 Å². The molecule has 3 heterocycles. The summed E-state index contributed by atoms with van der Waals surface area (Å²) >= 11 is 0. The molecule has 7 heteroatoms. The molecule has 1 fully saturated rings. The number of H-pyrrole nitrogens is 1. The lowest BCUT2D eigenvalue weighted by Gasteiger charge is -2.32. The van der Waals surface area contributed by atoms with Gasteiger partial charge in [0.15, 0.2) is 0 Å². The number of piperidine rings is 1. The van der Waals surface area contributed by atoms with Crippen LogP contribution in [0.5, 0.6) is 5.75 Å². The minimum atomic E-state index is 0. The molecule has 2 aliphatic rings. The number of ether oxygens (including phenoxy) is 1. The van der Waals surface area contributed by atoms with Crippen molar-refractivity contribution in [2.24, 2.45) is 0 Å². The molecule has 0 unspecified atom stereocenters. The van der Waals surface area contributed by atoms with Crippen molar-refractivity contribution >= 4 is 41.4 Å². The largest absolute Gasteiger partial charge is 0.492 e. The number of hydrogen-bond acceptors (Lipinski definition) is 4. The number of rotatable bonds is 5. The summed E-state index contributed by atoms with van der Waals surface area (Å²) in [6.07, 6.45) is 4.26. The fraction of sp³-hybridized carbons (Fsp3) is 0.400. The zero-order valence-corrected chi connectivity index (χ0v) is 19.8. The normalized spacial score (nSPS) is 16.4. The SMILES string of the molecule is Cl.Cl.O=c1[nH]c2ccc(OCCN3CCC(c4ccccc4)CC3)cc2c2c1CCCN2. The van der Waals surface area contributed by atoms with Gasteiger partial charge in [-0.15, -0.1) is 24.8 Å². The smallest absolute Gasteiger partial charge is 0.253 e. The van der Waals surface area contributed by atoms with E-state index in [-0.39, 0.29) is 30.4 Å². The Labute approximate surface area is 201 Å². The van der Waals surface area contributed by atoms with Crippen LogP contribution in [0.15, 0.2) is 53.3 Å². The zero-order valence-electron chi connectivity index (χ0n) is 18.1. The van der Waals surface area contributed by atoms with Crippen molar-refractivity contribution in [3.63, 3.8) is 0 Å². The van der Waals surface area contributed by atoms with Gasteiger partial charge in [0.25, 0.3) is 5.56 Å². The summed E-state index contributed by atoms with van der Waals surface area (Å²) in [6, 6.07) is 16.8. The first-order chi connectivity index (χ1) is 14.8. The molecule has 0 atom stereocenters. The third-order valence-electron chi connectivity index (χ3n) is 6.52. The van der Waals surface area contributed by atoms with E-state index in [0.717, 1.165) is 66.9 Å². The molecule has 5 nitrogen and oxygen atoms in total. The highest BCUT2D eigenvalue weighted by Gasteiger charge is 2.20. The Morgan fingerprint density at radius 1 is 1.03 bits per heavy atom. The van der Waals surface area contributed by atoms with Crippen LogP contribution in [0.25, 0.3) is 10.9 Å². The van der Waals surface area contributed by atoms with Crippen LogP contribution in [0.4, 0.5) is 5.69 Å². The first-order valence-corrected chi connectivity index (χ1v) is 11.1. The number of likely N-dealkylation sites (tertiary alicyclic amines) is 1. The van der Waals surface area contributed by atoms with Gasteiger partial charge in [-0.05, 0) is 68.5 Å². The summed E-state index contributed by atoms with van der Waals surface area (Å²) in [4.78, 5) is 17.8. The van der Waals surface area contributed by atoms with Gasteiger partial charge in [-0.1, -0.05) is 30.3 Å². The molecule has 1 aromatic heterocycles. The molecule has 0 bridgehead atoms. The topological polar surface area (TPSA) is 57.4 Å². The van der Waals surface area contributed by atoms with Crippen LogP contribution in [-0.4, -0.2) is 42.7 Å². The number of pyridine rings is 1. The highest BCUT2D eigenvalue weighted by atomic mass is 35.5. The van der Waals surface area contributed by atoms with E-state index >= 15 is 0 Å². The van der Waals surface area contributed by atoms with Gasteiger partial charge >= 0.3 is 0 Å². The summed E-state index contributed by atoms with van der Waals surface area (Å²) in [7, 11) is 0. The molecule has 0 amide bonds. The molecule has 2 aliphatic heterocycles. The van der Waals surface area contributed by atoms with E-state index in [1.54, 1.807) is 0 Å². The molecule has 0 radical (unpaired) electrons. The lowest BCUT2D eigenvalue weighted by Crippen LogP contribution is -2.35. The van der Waals surface area contributed by atoms with Crippen molar-refractivity contribution in [1.29, 1.82) is 0 Å². The Morgan fingerprint density at radius 3 is 2.59 bits per heavy atom. The molecule has 3 aromatic rings. The predicted octanol–water partition coefficient (Wildman–Crippen LogP) is 4.99. The quantitative estimate of drug-likeness (QED) is 0.545. The van der Waals surface area contributed by atoms with Gasteiger partial charge in [-0.25, -0.2) is 0 Å². The molecule has 2 aromatic carbocycles. The highest BCUT2D eigenvalue weighted by molar-refractivity contribution is 5.94. The van der Waals surface area contributed by atoms with Crippen molar-refractivity contribution in [2.45, 2.75) is 31.6 Å². The molecule has 2 N–H and O–H groups in total. The second-order valence-corrected chi connectivity index (χ2v) is 8.42. The van der Waals surface area contributed by atoms with Gasteiger partial charge in [0.05, 0.1) is 11.2 Å². The Balaban J connectivity index is 0.00000144. The average molecular weight is 476 g/mol. The number of nitrogens with one attached hydrogen (secondary N) is 2. The maximum atomic E-state index is 12.3. The van der Waals surface area contributed by atoms with E-state index in [1.165, 1.54) is 18.4 Å². The fourth-order valence-electron chi connectivity index (χ4n) is 4.83. The van der Waals surface area contributed by atoms with Crippen molar-refractivity contribution in [3.8, 4) is 5.75 Å².